The van der Waals surface area contributed by atoms with Gasteiger partial charge in [0.15, 0.2) is 11.5 Å². The zero-order valence-corrected chi connectivity index (χ0v) is 53.9. The van der Waals surface area contributed by atoms with Crippen molar-refractivity contribution in [1.29, 1.82) is 0 Å². The Labute approximate surface area is 544 Å². The molecule has 13 atom stereocenters. The van der Waals surface area contributed by atoms with Gasteiger partial charge in [0, 0.05) is 82.0 Å². The third kappa shape index (κ3) is 17.9. The first-order valence-corrected chi connectivity index (χ1v) is 32.6. The monoisotopic (exact) mass is 1320 g/mol. The minimum atomic E-state index is -2.04. The molecule has 4 fully saturated rings. The number of aromatic nitrogens is 2. The second-order valence-corrected chi connectivity index (χ2v) is 25.8. The molecule has 93 heavy (non-hydrogen) atoms. The van der Waals surface area contributed by atoms with Crippen LogP contribution in [0.25, 0.3) is 21.1 Å². The highest BCUT2D eigenvalue weighted by atomic mass is 32.1. The van der Waals surface area contributed by atoms with Crippen LogP contribution in [0.4, 0.5) is 5.69 Å². The summed E-state index contributed by atoms with van der Waals surface area (Å²) in [5.41, 5.74) is 3.67. The van der Waals surface area contributed by atoms with Crippen molar-refractivity contribution >= 4 is 52.5 Å². The van der Waals surface area contributed by atoms with Gasteiger partial charge in [0.2, 0.25) is 35.4 Å². The molecular weight excluding hydrogens is 1230 g/mol. The number of fused-ring (bicyclic) bond motifs is 2. The molecule has 4 aromatic rings. The predicted molar refractivity (Wildman–Crippen MR) is 341 cm³/mol. The van der Waals surface area contributed by atoms with Crippen molar-refractivity contribution in [3.8, 4) is 32.6 Å². The highest BCUT2D eigenvalue weighted by Crippen LogP contribution is 2.36. The number of aliphatic hydroxyl groups excluding tert-OH is 8. The second-order valence-electron chi connectivity index (χ2n) is 24.9. The number of methoxy groups -OCH3 is 2. The molecule has 5 heterocycles. The maximum Gasteiger partial charge on any atom is 0.248 e. The maximum atomic E-state index is 15.0. The molecule has 28 nitrogen and oxygen atoms in total. The smallest absolute Gasteiger partial charge is 0.248 e. The standard InChI is InChI=1S/C64H91N11O17S/c1-6-7-19-64(92-5)20-23-73(24-21-64)42-15-13-40(14-16-42)61-72-71-60(93-61)39-11-8-37(9-12-39)29-66-45-27-43(79)30-67-59(88)54-55(84)35(2)31-75(54)63(90)53(48(82)18-22-65-41(33-76)34-77)70-58(87)52(49(83)25-38-10-17-47(81)50(26-38)91-4)69-57(86)46-28-44(80)32-74(46)62(89)51(36(3)78)68-56(45)85/h8-17,26,35-36,41,43-46,48-49,51-55,65-66,76-84H,6-7,18-25,27-34H2,1-5H3,(H,67,88)(H,68,85)(H,69,86)(H,70,87)/t35-,36+,43+,44+,45?,46-,48+,49+,51-,52-,53-,54-,55-/m0/s1. The van der Waals surface area contributed by atoms with E-state index in [1.54, 1.807) is 19.1 Å². The van der Waals surface area contributed by atoms with Crippen molar-refractivity contribution < 1.29 is 84.2 Å². The first kappa shape index (κ1) is 71.8. The number of rotatable bonds is 22. The van der Waals surface area contributed by atoms with Crippen LogP contribution in [0.2, 0.25) is 0 Å². The number of phenolic OH excluding ortho intramolecular Hbond substituents is 1. The number of benzene rings is 3. The Morgan fingerprint density at radius 1 is 0.742 bits per heavy atom. The average molecular weight is 1320 g/mol. The Bertz CT molecular complexity index is 3150. The minimum absolute atomic E-state index is 0.00293. The van der Waals surface area contributed by atoms with Crippen molar-refractivity contribution in [2.45, 2.75) is 170 Å². The topological polar surface area (TPSA) is 411 Å². The lowest BCUT2D eigenvalue weighted by molar-refractivity contribution is -0.147. The van der Waals surface area contributed by atoms with Crippen LogP contribution in [0.3, 0.4) is 0 Å². The molecule has 4 saturated heterocycles. The normalized spacial score (nSPS) is 26.3. The summed E-state index contributed by atoms with van der Waals surface area (Å²) < 4.78 is 11.2. The Kier molecular flexibility index (Phi) is 25.4. The molecule has 6 amide bonds. The molecule has 0 saturated carbocycles. The SMILES string of the molecule is CCCCC1(OC)CCN(c2ccc(-c3nnc(-c4ccc(CNC5C[C@@H](O)CNC(=O)[C@@H]6[C@@H](O)[C@@H](C)CN6C(=O)[C@H]([C@H](O)CCNC(CO)CO)NC(=O)[C@H]([C@H](O)Cc6ccc(O)c(OC)c6)NC(=O)[C@@H]6C[C@@H](O)CN6C(=O)[C@H]([C@@H](C)O)NC5=O)cc4)s3)cc2)CC1. The summed E-state index contributed by atoms with van der Waals surface area (Å²) in [5.74, 6) is -7.43. The molecule has 0 radical (unpaired) electrons. The number of hydrogen-bond acceptors (Lipinski definition) is 23. The van der Waals surface area contributed by atoms with Crippen molar-refractivity contribution in [2.75, 3.05) is 71.6 Å². The number of aromatic hydroxyl groups is 1. The second kappa shape index (κ2) is 32.9. The summed E-state index contributed by atoms with van der Waals surface area (Å²) in [7, 11) is 3.10. The van der Waals surface area contributed by atoms with E-state index in [2.05, 4.69) is 66.1 Å². The highest BCUT2D eigenvalue weighted by molar-refractivity contribution is 7.17. The van der Waals surface area contributed by atoms with E-state index in [1.807, 2.05) is 31.4 Å². The van der Waals surface area contributed by atoms with Gasteiger partial charge < -0.3 is 102 Å². The van der Waals surface area contributed by atoms with E-state index in [0.29, 0.717) is 10.6 Å². The molecule has 510 valence electrons. The fourth-order valence-corrected chi connectivity index (χ4v) is 13.3. The number of phenols is 1. The van der Waals surface area contributed by atoms with Crippen molar-refractivity contribution in [2.24, 2.45) is 5.92 Å². The van der Waals surface area contributed by atoms with Gasteiger partial charge in [-0.05, 0) is 93.1 Å². The number of unbranched alkanes of at least 4 members (excludes halogenated alkanes) is 1. The lowest BCUT2D eigenvalue weighted by Gasteiger charge is -2.42. The van der Waals surface area contributed by atoms with Crippen molar-refractivity contribution in [1.82, 2.24) is 51.9 Å². The number of β-amino-alcohol motifs (C(OH)–C–C–N with tert-alkyl or cyclic N) is 1. The molecule has 4 aliphatic rings. The third-order valence-corrected chi connectivity index (χ3v) is 19.2. The van der Waals surface area contributed by atoms with Crippen LogP contribution in [-0.2, 0) is 46.5 Å². The van der Waals surface area contributed by atoms with E-state index in [0.717, 1.165) is 76.8 Å². The lowest BCUT2D eigenvalue weighted by atomic mass is 9.86. The number of amides is 6. The molecule has 1 aromatic heterocycles. The number of piperidine rings is 1. The number of carbonyl (C=O) groups is 6. The average Bonchev–Trinajstić information content (AvgIpc) is 1.77. The lowest BCUT2D eigenvalue weighted by Crippen LogP contribution is -2.64. The van der Waals surface area contributed by atoms with Crippen molar-refractivity contribution in [3.63, 3.8) is 0 Å². The molecule has 29 heteroatoms. The van der Waals surface area contributed by atoms with Gasteiger partial charge in [-0.1, -0.05) is 68.4 Å². The van der Waals surface area contributed by atoms with Gasteiger partial charge in [0.25, 0.3) is 0 Å². The van der Waals surface area contributed by atoms with Crippen molar-refractivity contribution in [3.05, 3.63) is 77.9 Å². The molecule has 3 aromatic carbocycles. The third-order valence-electron chi connectivity index (χ3n) is 18.2. The van der Waals surface area contributed by atoms with Gasteiger partial charge in [0.1, 0.15) is 40.2 Å². The van der Waals surface area contributed by atoms with Gasteiger partial charge in [-0.3, -0.25) is 28.8 Å². The summed E-state index contributed by atoms with van der Waals surface area (Å²) in [6, 6.07) is 8.23. The fourth-order valence-electron chi connectivity index (χ4n) is 12.5. The fraction of sp³-hybridized carbons (Fsp3) is 0.594. The molecule has 8 rings (SSSR count). The van der Waals surface area contributed by atoms with Crippen LogP contribution < -0.4 is 41.5 Å². The van der Waals surface area contributed by atoms with Crippen LogP contribution in [0.1, 0.15) is 83.3 Å². The molecule has 15 N–H and O–H groups in total. The molecular formula is C64H91N11O17S. The number of nitrogens with zero attached hydrogens (tertiary/aromatic N) is 5. The summed E-state index contributed by atoms with van der Waals surface area (Å²) in [6.07, 6.45) is -6.20. The van der Waals surface area contributed by atoms with E-state index < -0.39 is 166 Å². The van der Waals surface area contributed by atoms with E-state index in [-0.39, 0.29) is 48.7 Å². The van der Waals surface area contributed by atoms with Gasteiger partial charge in [-0.25, -0.2) is 0 Å². The Hall–Kier alpha value is -7.00. The van der Waals surface area contributed by atoms with E-state index in [1.165, 1.54) is 43.6 Å². The van der Waals surface area contributed by atoms with Crippen LogP contribution >= 0.6 is 11.3 Å². The Morgan fingerprint density at radius 2 is 1.37 bits per heavy atom. The summed E-state index contributed by atoms with van der Waals surface area (Å²) >= 11 is 1.42. The van der Waals surface area contributed by atoms with Crippen LogP contribution in [-0.4, -0.2) is 253 Å². The minimum Gasteiger partial charge on any atom is -0.504 e. The van der Waals surface area contributed by atoms with Gasteiger partial charge in [-0.2, -0.15) is 0 Å². The Morgan fingerprint density at radius 3 is 1.99 bits per heavy atom. The number of carbonyl (C=O) groups excluding carboxylic acids is 6. The van der Waals surface area contributed by atoms with E-state index >= 15 is 0 Å². The van der Waals surface area contributed by atoms with E-state index in [9.17, 15) is 74.7 Å². The Balaban J connectivity index is 1.05. The zero-order chi connectivity index (χ0) is 67.3. The summed E-state index contributed by atoms with van der Waals surface area (Å²) in [6.45, 7) is 4.24. The molecule has 0 spiro atoms. The predicted octanol–water partition coefficient (Wildman–Crippen LogP) is -1.60. The van der Waals surface area contributed by atoms with Gasteiger partial charge in [0.05, 0.1) is 74.6 Å². The van der Waals surface area contributed by atoms with Crippen LogP contribution in [0.15, 0.2) is 66.7 Å². The number of aliphatic hydroxyl groups is 8. The first-order chi connectivity index (χ1) is 44.5. The van der Waals surface area contributed by atoms with Crippen LogP contribution in [0.5, 0.6) is 11.5 Å². The summed E-state index contributed by atoms with van der Waals surface area (Å²) in [4.78, 5) is 92.2. The quantitative estimate of drug-likeness (QED) is 0.0421. The zero-order valence-electron chi connectivity index (χ0n) is 53.1. The molecule has 1 unspecified atom stereocenters. The summed E-state index contributed by atoms with van der Waals surface area (Å²) in [5, 5.41) is 125. The van der Waals surface area contributed by atoms with Crippen LogP contribution in [0, 0.1) is 5.92 Å². The highest BCUT2D eigenvalue weighted by Gasteiger charge is 2.50. The van der Waals surface area contributed by atoms with E-state index in [4.69, 9.17) is 9.47 Å². The molecule has 0 aliphatic carbocycles. The number of nitrogens with one attached hydrogen (secondary N) is 6. The number of hydrogen-bond donors (Lipinski definition) is 15. The molecule has 0 bridgehead atoms. The van der Waals surface area contributed by atoms with Gasteiger partial charge >= 0.3 is 0 Å². The number of anilines is 1. The van der Waals surface area contributed by atoms with Gasteiger partial charge in [-0.15, -0.1) is 10.2 Å². The maximum absolute atomic E-state index is 15.0. The largest absolute Gasteiger partial charge is 0.504 e. The first-order valence-electron chi connectivity index (χ1n) is 31.8. The molecule has 4 aliphatic heterocycles. The number of ether oxygens (including phenoxy) is 2.